The molecule has 2 aliphatic carbocycles. The third kappa shape index (κ3) is 4.98. The van der Waals surface area contributed by atoms with E-state index in [1.54, 1.807) is 30.3 Å². The molecule has 0 atom stereocenters. The lowest BCUT2D eigenvalue weighted by Crippen LogP contribution is -2.38. The van der Waals surface area contributed by atoms with E-state index in [2.05, 4.69) is 26.0 Å². The number of nitrogens with one attached hydrogen (secondary N) is 2. The molecule has 30 heavy (non-hydrogen) atoms. The van der Waals surface area contributed by atoms with Crippen molar-refractivity contribution in [3.63, 3.8) is 0 Å². The van der Waals surface area contributed by atoms with Gasteiger partial charge in [-0.3, -0.25) is 9.52 Å². The highest BCUT2D eigenvalue weighted by atomic mass is 79.9. The maximum atomic E-state index is 12.9. The molecule has 2 aromatic rings. The van der Waals surface area contributed by atoms with Crippen LogP contribution in [0.25, 0.3) is 0 Å². The molecule has 0 unspecified atom stereocenters. The molecule has 2 aromatic carbocycles. The maximum Gasteiger partial charge on any atom is 0.261 e. The lowest BCUT2D eigenvalue weighted by molar-refractivity contribution is 0.0926. The van der Waals surface area contributed by atoms with Crippen LogP contribution in [0.3, 0.4) is 0 Å². The van der Waals surface area contributed by atoms with Crippen molar-refractivity contribution in [1.29, 1.82) is 0 Å². The second-order valence-corrected chi connectivity index (χ2v) is 10.4. The van der Waals surface area contributed by atoms with E-state index in [0.29, 0.717) is 39.9 Å². The fraction of sp³-hybridized carbons (Fsp3) is 0.409. The van der Waals surface area contributed by atoms with Crippen LogP contribution in [-0.4, -0.2) is 27.0 Å². The molecule has 6 nitrogen and oxygen atoms in total. The minimum atomic E-state index is -3.84. The lowest BCUT2D eigenvalue weighted by atomic mass is 10.1. The molecule has 0 aromatic heterocycles. The zero-order chi connectivity index (χ0) is 21.3. The van der Waals surface area contributed by atoms with Crippen molar-refractivity contribution in [2.45, 2.75) is 43.5 Å². The number of rotatable bonds is 9. The highest BCUT2D eigenvalue weighted by Gasteiger charge is 2.42. The van der Waals surface area contributed by atoms with E-state index in [-0.39, 0.29) is 16.8 Å². The largest absolute Gasteiger partial charge is 0.493 e. The molecule has 0 spiro atoms. The summed E-state index contributed by atoms with van der Waals surface area (Å²) in [4.78, 5) is 12.8. The van der Waals surface area contributed by atoms with E-state index >= 15 is 0 Å². The predicted molar refractivity (Wildman–Crippen MR) is 119 cm³/mol. The molecular weight excluding hydrogens is 468 g/mol. The minimum Gasteiger partial charge on any atom is -0.493 e. The molecule has 2 aliphatic rings. The van der Waals surface area contributed by atoms with Gasteiger partial charge >= 0.3 is 0 Å². The predicted octanol–water partition coefficient (Wildman–Crippen LogP) is 4.57. The molecule has 2 fully saturated rings. The highest BCUT2D eigenvalue weighted by molar-refractivity contribution is 9.10. The molecule has 1 amide bonds. The summed E-state index contributed by atoms with van der Waals surface area (Å²) >= 11 is 3.39. The first-order valence-electron chi connectivity index (χ1n) is 10.2. The Labute approximate surface area is 185 Å². The molecule has 160 valence electrons. The van der Waals surface area contributed by atoms with E-state index in [4.69, 9.17) is 4.74 Å². The quantitative estimate of drug-likeness (QED) is 0.536. The van der Waals surface area contributed by atoms with E-state index in [1.807, 2.05) is 6.92 Å². The van der Waals surface area contributed by atoms with Crippen molar-refractivity contribution in [3.8, 4) is 5.75 Å². The van der Waals surface area contributed by atoms with Gasteiger partial charge < -0.3 is 10.1 Å². The highest BCUT2D eigenvalue weighted by Crippen LogP contribution is 2.44. The number of benzene rings is 2. The standard InChI is InChI=1S/C22H25BrN2O4S/c1-2-29-20-11-10-17(13-19(20)23)25-30(27,28)18-5-3-4-16(12-18)22(26)24-21(14-6-7-14)15-8-9-15/h3-5,10-15,21,25H,2,6-9H2,1H3,(H,24,26). The van der Waals surface area contributed by atoms with Crippen LogP contribution in [0.4, 0.5) is 5.69 Å². The number of hydrogen-bond acceptors (Lipinski definition) is 4. The average molecular weight is 493 g/mol. The topological polar surface area (TPSA) is 84.5 Å². The summed E-state index contributed by atoms with van der Waals surface area (Å²) in [6, 6.07) is 11.4. The van der Waals surface area contributed by atoms with Crippen LogP contribution < -0.4 is 14.8 Å². The summed E-state index contributed by atoms with van der Waals surface area (Å²) in [5.74, 6) is 1.58. The fourth-order valence-electron chi connectivity index (χ4n) is 3.62. The van der Waals surface area contributed by atoms with Gasteiger partial charge in [-0.25, -0.2) is 8.42 Å². The fourth-order valence-corrected chi connectivity index (χ4v) is 5.21. The number of hydrogen-bond donors (Lipinski definition) is 2. The number of anilines is 1. The number of ether oxygens (including phenoxy) is 1. The summed E-state index contributed by atoms with van der Waals surface area (Å²) in [5, 5.41) is 3.14. The van der Waals surface area contributed by atoms with E-state index in [0.717, 1.165) is 25.7 Å². The molecule has 8 heteroatoms. The van der Waals surface area contributed by atoms with E-state index < -0.39 is 10.0 Å². The minimum absolute atomic E-state index is 0.0505. The van der Waals surface area contributed by atoms with Gasteiger partial charge in [0.1, 0.15) is 5.75 Å². The van der Waals surface area contributed by atoms with Crippen LogP contribution in [-0.2, 0) is 10.0 Å². The third-order valence-corrected chi connectivity index (χ3v) is 7.45. The van der Waals surface area contributed by atoms with E-state index in [9.17, 15) is 13.2 Å². The summed E-state index contributed by atoms with van der Waals surface area (Å²) < 4.78 is 34.4. The second kappa shape index (κ2) is 8.59. The Balaban J connectivity index is 1.49. The van der Waals surface area contributed by atoms with Gasteiger partial charge in [-0.1, -0.05) is 6.07 Å². The van der Waals surface area contributed by atoms with Gasteiger partial charge in [0.2, 0.25) is 0 Å². The number of amides is 1. The lowest BCUT2D eigenvalue weighted by Gasteiger charge is -2.18. The summed E-state index contributed by atoms with van der Waals surface area (Å²) in [7, 11) is -3.84. The first-order chi connectivity index (χ1) is 14.4. The van der Waals surface area contributed by atoms with Crippen LogP contribution in [0.5, 0.6) is 5.75 Å². The van der Waals surface area contributed by atoms with Gasteiger partial charge in [0, 0.05) is 11.6 Å². The summed E-state index contributed by atoms with van der Waals surface area (Å²) in [6.45, 7) is 2.39. The van der Waals surface area contributed by atoms with Crippen LogP contribution in [0.2, 0.25) is 0 Å². The Morgan fingerprint density at radius 1 is 1.13 bits per heavy atom. The van der Waals surface area contributed by atoms with Crippen LogP contribution >= 0.6 is 15.9 Å². The first kappa shape index (κ1) is 21.2. The number of sulfonamides is 1. The van der Waals surface area contributed by atoms with Crippen molar-refractivity contribution in [2.24, 2.45) is 11.8 Å². The number of halogens is 1. The normalized spacial score (nSPS) is 16.4. The summed E-state index contributed by atoms with van der Waals surface area (Å²) in [5.41, 5.74) is 0.764. The number of carbonyl (C=O) groups excluding carboxylic acids is 1. The molecule has 4 rings (SSSR count). The van der Waals surface area contributed by atoms with Gasteiger partial charge in [-0.15, -0.1) is 0 Å². The molecule has 0 bridgehead atoms. The first-order valence-corrected chi connectivity index (χ1v) is 12.5. The number of carbonyl (C=O) groups is 1. The average Bonchev–Trinajstić information content (AvgIpc) is 3.62. The van der Waals surface area contributed by atoms with Crippen molar-refractivity contribution >= 4 is 37.5 Å². The molecule has 0 heterocycles. The summed E-state index contributed by atoms with van der Waals surface area (Å²) in [6.07, 6.45) is 4.66. The van der Waals surface area contributed by atoms with Crippen molar-refractivity contribution in [1.82, 2.24) is 5.32 Å². The third-order valence-electron chi connectivity index (χ3n) is 5.45. The Kier molecular flexibility index (Phi) is 6.06. The molecule has 2 saturated carbocycles. The van der Waals surface area contributed by atoms with Crippen molar-refractivity contribution < 1.29 is 17.9 Å². The Morgan fingerprint density at radius 2 is 1.83 bits per heavy atom. The monoisotopic (exact) mass is 492 g/mol. The van der Waals surface area contributed by atoms with Gasteiger partial charge in [0.15, 0.2) is 0 Å². The zero-order valence-electron chi connectivity index (χ0n) is 16.7. The Bertz CT molecular complexity index is 1040. The SMILES string of the molecule is CCOc1ccc(NS(=O)(=O)c2cccc(C(=O)NC(C3CC3)C3CC3)c2)cc1Br. The van der Waals surface area contributed by atoms with Gasteiger partial charge in [-0.05, 0) is 96.8 Å². The van der Waals surface area contributed by atoms with Gasteiger partial charge in [0.25, 0.3) is 15.9 Å². The molecule has 0 saturated heterocycles. The van der Waals surface area contributed by atoms with Gasteiger partial charge in [-0.2, -0.15) is 0 Å². The van der Waals surface area contributed by atoms with Crippen LogP contribution in [0.15, 0.2) is 51.8 Å². The molecule has 0 aliphatic heterocycles. The maximum absolute atomic E-state index is 12.9. The molecule has 0 radical (unpaired) electrons. The second-order valence-electron chi connectivity index (χ2n) is 7.89. The Morgan fingerprint density at radius 3 is 2.43 bits per heavy atom. The van der Waals surface area contributed by atoms with Crippen molar-refractivity contribution in [3.05, 3.63) is 52.5 Å². The smallest absolute Gasteiger partial charge is 0.261 e. The van der Waals surface area contributed by atoms with Crippen LogP contribution in [0, 0.1) is 11.8 Å². The molecular formula is C22H25BrN2O4S. The molecule has 2 N–H and O–H groups in total. The van der Waals surface area contributed by atoms with Gasteiger partial charge in [0.05, 0.1) is 21.7 Å². The Hall–Kier alpha value is -2.06. The van der Waals surface area contributed by atoms with E-state index in [1.165, 1.54) is 12.1 Å². The zero-order valence-corrected chi connectivity index (χ0v) is 19.1. The van der Waals surface area contributed by atoms with Crippen LogP contribution in [0.1, 0.15) is 43.0 Å². The van der Waals surface area contributed by atoms with Crippen molar-refractivity contribution in [2.75, 3.05) is 11.3 Å².